The number of carbonyl (C=O) groups excluding carboxylic acids is 1. The van der Waals surface area contributed by atoms with Crippen molar-refractivity contribution in [2.45, 2.75) is 11.8 Å². The first kappa shape index (κ1) is 22.1. The Morgan fingerprint density at radius 1 is 1.26 bits per heavy atom. The third kappa shape index (κ3) is 5.38. The predicted molar refractivity (Wildman–Crippen MR) is 128 cm³/mol. The minimum atomic E-state index is -0.0159. The monoisotopic (exact) mass is 457 g/mol. The maximum atomic E-state index is 13.6. The summed E-state index contributed by atoms with van der Waals surface area (Å²) in [6.07, 6.45) is 0. The zero-order valence-corrected chi connectivity index (χ0v) is 19.5. The summed E-state index contributed by atoms with van der Waals surface area (Å²) in [5.74, 6) is 1.72. The molecule has 31 heavy (non-hydrogen) atoms. The highest BCUT2D eigenvalue weighted by Crippen LogP contribution is 2.32. The van der Waals surface area contributed by atoms with Gasteiger partial charge in [0.2, 0.25) is 0 Å². The van der Waals surface area contributed by atoms with E-state index in [1.54, 1.807) is 18.9 Å². The molecule has 0 unspecified atom stereocenters. The van der Waals surface area contributed by atoms with Crippen LogP contribution in [0, 0.1) is 0 Å². The third-order valence-electron chi connectivity index (χ3n) is 5.20. The first-order valence-corrected chi connectivity index (χ1v) is 12.3. The Morgan fingerprint density at radius 2 is 2.10 bits per heavy atom. The first-order chi connectivity index (χ1) is 15.2. The van der Waals surface area contributed by atoms with Crippen LogP contribution in [0.15, 0.2) is 47.4 Å². The number of anilines is 1. The summed E-state index contributed by atoms with van der Waals surface area (Å²) < 4.78 is 11.8. The van der Waals surface area contributed by atoms with Crippen LogP contribution in [0.2, 0.25) is 0 Å². The molecule has 0 atom stereocenters. The van der Waals surface area contributed by atoms with E-state index in [-0.39, 0.29) is 5.91 Å². The smallest absolute Gasteiger partial charge is 0.260 e. The van der Waals surface area contributed by atoms with Crippen molar-refractivity contribution in [3.8, 4) is 5.75 Å². The van der Waals surface area contributed by atoms with Gasteiger partial charge in [0.1, 0.15) is 5.75 Å². The second-order valence-electron chi connectivity index (χ2n) is 7.20. The van der Waals surface area contributed by atoms with Crippen molar-refractivity contribution in [1.29, 1.82) is 0 Å². The number of nitrogens with zero attached hydrogens (tertiary/aromatic N) is 3. The van der Waals surface area contributed by atoms with Crippen LogP contribution in [-0.2, 0) is 4.74 Å². The Morgan fingerprint density at radius 3 is 2.87 bits per heavy atom. The van der Waals surface area contributed by atoms with Crippen LogP contribution in [-0.4, -0.2) is 68.0 Å². The SMILES string of the molecule is CCSc1cccc(C(=O)N(CCN2CCOCC2)c2nc3cc(OC)ccc3s2)c1. The van der Waals surface area contributed by atoms with Gasteiger partial charge in [-0.3, -0.25) is 14.6 Å². The van der Waals surface area contributed by atoms with Gasteiger partial charge in [-0.2, -0.15) is 0 Å². The number of rotatable bonds is 8. The molecule has 1 aliphatic rings. The Hall–Kier alpha value is -2.13. The van der Waals surface area contributed by atoms with Gasteiger partial charge < -0.3 is 9.47 Å². The zero-order valence-electron chi connectivity index (χ0n) is 17.9. The molecule has 1 aliphatic heterocycles. The van der Waals surface area contributed by atoms with Crippen LogP contribution in [0.3, 0.4) is 0 Å². The highest BCUT2D eigenvalue weighted by atomic mass is 32.2. The van der Waals surface area contributed by atoms with Gasteiger partial charge in [0.15, 0.2) is 5.13 Å². The van der Waals surface area contributed by atoms with E-state index < -0.39 is 0 Å². The van der Waals surface area contributed by atoms with Crippen molar-refractivity contribution < 1.29 is 14.3 Å². The second-order valence-corrected chi connectivity index (χ2v) is 9.55. The number of amides is 1. The molecule has 0 saturated carbocycles. The lowest BCUT2D eigenvalue weighted by Crippen LogP contribution is -2.43. The number of thioether (sulfide) groups is 1. The van der Waals surface area contributed by atoms with Gasteiger partial charge in [-0.1, -0.05) is 24.3 Å². The molecule has 4 rings (SSSR count). The number of ether oxygens (including phenoxy) is 2. The molecule has 3 aromatic rings. The minimum Gasteiger partial charge on any atom is -0.497 e. The Bertz CT molecular complexity index is 1030. The summed E-state index contributed by atoms with van der Waals surface area (Å²) in [4.78, 5) is 23.6. The van der Waals surface area contributed by atoms with E-state index in [9.17, 15) is 4.79 Å². The molecule has 0 bridgehead atoms. The van der Waals surface area contributed by atoms with Crippen molar-refractivity contribution in [3.05, 3.63) is 48.0 Å². The topological polar surface area (TPSA) is 54.9 Å². The van der Waals surface area contributed by atoms with E-state index in [2.05, 4.69) is 11.8 Å². The van der Waals surface area contributed by atoms with Gasteiger partial charge in [0, 0.05) is 42.7 Å². The second kappa shape index (κ2) is 10.5. The molecule has 1 fully saturated rings. The lowest BCUT2D eigenvalue weighted by Gasteiger charge is -2.29. The number of benzene rings is 2. The fourth-order valence-corrected chi connectivity index (χ4v) is 5.22. The van der Waals surface area contributed by atoms with Crippen molar-refractivity contribution in [2.24, 2.45) is 0 Å². The summed E-state index contributed by atoms with van der Waals surface area (Å²) in [5.41, 5.74) is 1.54. The van der Waals surface area contributed by atoms with E-state index >= 15 is 0 Å². The van der Waals surface area contributed by atoms with Crippen LogP contribution >= 0.6 is 23.1 Å². The minimum absolute atomic E-state index is 0.0159. The number of carbonyl (C=O) groups is 1. The van der Waals surface area contributed by atoms with Gasteiger partial charge in [0.05, 0.1) is 30.5 Å². The molecule has 1 amide bonds. The van der Waals surface area contributed by atoms with Gasteiger partial charge in [0.25, 0.3) is 5.91 Å². The molecule has 2 heterocycles. The molecule has 0 radical (unpaired) electrons. The van der Waals surface area contributed by atoms with Crippen molar-refractivity contribution in [3.63, 3.8) is 0 Å². The van der Waals surface area contributed by atoms with Crippen LogP contribution in [0.5, 0.6) is 5.75 Å². The van der Waals surface area contributed by atoms with Crippen LogP contribution in [0.25, 0.3) is 10.2 Å². The molecule has 8 heteroatoms. The summed E-state index contributed by atoms with van der Waals surface area (Å²) in [6, 6.07) is 13.7. The third-order valence-corrected chi connectivity index (χ3v) is 7.13. The van der Waals surface area contributed by atoms with Crippen molar-refractivity contribution in [1.82, 2.24) is 9.88 Å². The number of hydrogen-bond donors (Lipinski definition) is 0. The number of hydrogen-bond acceptors (Lipinski definition) is 7. The number of aromatic nitrogens is 1. The summed E-state index contributed by atoms with van der Waals surface area (Å²) in [6.45, 7) is 6.75. The van der Waals surface area contributed by atoms with E-state index in [4.69, 9.17) is 14.5 Å². The van der Waals surface area contributed by atoms with Crippen molar-refractivity contribution in [2.75, 3.05) is 57.2 Å². The quantitative estimate of drug-likeness (QED) is 0.468. The lowest BCUT2D eigenvalue weighted by atomic mass is 10.2. The van der Waals surface area contributed by atoms with E-state index in [0.717, 1.165) is 64.6 Å². The van der Waals surface area contributed by atoms with E-state index in [0.29, 0.717) is 12.1 Å². The molecular formula is C23H27N3O3S2. The highest BCUT2D eigenvalue weighted by molar-refractivity contribution is 7.99. The molecule has 0 N–H and O–H groups in total. The fraction of sp³-hybridized carbons (Fsp3) is 0.391. The van der Waals surface area contributed by atoms with E-state index in [1.165, 1.54) is 11.3 Å². The molecule has 1 aromatic heterocycles. The van der Waals surface area contributed by atoms with Crippen LogP contribution in [0.4, 0.5) is 5.13 Å². The van der Waals surface area contributed by atoms with Gasteiger partial charge in [-0.05, 0) is 36.1 Å². The van der Waals surface area contributed by atoms with Crippen molar-refractivity contribution >= 4 is 44.4 Å². The van der Waals surface area contributed by atoms with Crippen LogP contribution < -0.4 is 9.64 Å². The number of fused-ring (bicyclic) bond motifs is 1. The highest BCUT2D eigenvalue weighted by Gasteiger charge is 2.23. The number of thiazole rings is 1. The maximum Gasteiger partial charge on any atom is 0.260 e. The fourth-order valence-electron chi connectivity index (χ4n) is 3.53. The maximum absolute atomic E-state index is 13.6. The average Bonchev–Trinajstić information content (AvgIpc) is 3.23. The molecule has 0 aliphatic carbocycles. The molecule has 6 nitrogen and oxygen atoms in total. The summed E-state index contributed by atoms with van der Waals surface area (Å²) in [7, 11) is 1.65. The summed E-state index contributed by atoms with van der Waals surface area (Å²) >= 11 is 3.28. The molecule has 0 spiro atoms. The Balaban J connectivity index is 1.63. The molecular weight excluding hydrogens is 430 g/mol. The van der Waals surface area contributed by atoms with Gasteiger partial charge in [-0.15, -0.1) is 11.8 Å². The van der Waals surface area contributed by atoms with Gasteiger partial charge >= 0.3 is 0 Å². The van der Waals surface area contributed by atoms with Gasteiger partial charge in [-0.25, -0.2) is 4.98 Å². The lowest BCUT2D eigenvalue weighted by molar-refractivity contribution is 0.0391. The average molecular weight is 458 g/mol. The number of morpholine rings is 1. The standard InChI is InChI=1S/C23H27N3O3S2/c1-3-30-19-6-4-5-17(15-19)22(27)26(10-9-25-11-13-29-14-12-25)23-24-20-16-18(28-2)7-8-21(20)31-23/h4-8,15-16H,3,9-14H2,1-2H3. The molecule has 164 valence electrons. The molecule has 1 saturated heterocycles. The number of methoxy groups -OCH3 is 1. The van der Waals surface area contributed by atoms with Crippen LogP contribution in [0.1, 0.15) is 17.3 Å². The largest absolute Gasteiger partial charge is 0.497 e. The Labute approximate surface area is 191 Å². The first-order valence-electron chi connectivity index (χ1n) is 10.5. The predicted octanol–water partition coefficient (Wildman–Crippen LogP) is 4.40. The molecule has 2 aromatic carbocycles. The summed E-state index contributed by atoms with van der Waals surface area (Å²) in [5, 5.41) is 0.718. The van der Waals surface area contributed by atoms with E-state index in [1.807, 2.05) is 47.4 Å². The normalized spacial score (nSPS) is 14.6. The Kier molecular flexibility index (Phi) is 7.45. The zero-order chi connectivity index (χ0) is 21.6.